The van der Waals surface area contributed by atoms with Gasteiger partial charge >= 0.3 is 0 Å². The molecule has 0 N–H and O–H groups in total. The van der Waals surface area contributed by atoms with Crippen molar-refractivity contribution in [2.24, 2.45) is 11.8 Å². The maximum Gasteiger partial charge on any atom is 0.263 e. The summed E-state index contributed by atoms with van der Waals surface area (Å²) < 4.78 is 5.94. The normalized spacial score (nSPS) is 20.6. The first-order valence-corrected chi connectivity index (χ1v) is 11.9. The SMILES string of the molecule is CC1CCCN(C(=O)C2CCN(C(=O)C(C)Oc3ccc(-c4ccccc4)cc3)CC2)C1. The first kappa shape index (κ1) is 22.4. The predicted octanol–water partition coefficient (Wildman–Crippen LogP) is 4.62. The number of rotatable bonds is 5. The minimum absolute atomic E-state index is 0.00497. The molecule has 0 saturated carbocycles. The average molecular weight is 435 g/mol. The van der Waals surface area contributed by atoms with Crippen LogP contribution < -0.4 is 4.74 Å². The van der Waals surface area contributed by atoms with Crippen LogP contribution >= 0.6 is 0 Å². The first-order valence-electron chi connectivity index (χ1n) is 11.9. The molecule has 170 valence electrons. The van der Waals surface area contributed by atoms with Gasteiger partial charge in [-0.25, -0.2) is 0 Å². The van der Waals surface area contributed by atoms with Gasteiger partial charge in [-0.15, -0.1) is 0 Å². The molecule has 32 heavy (non-hydrogen) atoms. The van der Waals surface area contributed by atoms with Crippen molar-refractivity contribution in [3.05, 3.63) is 54.6 Å². The summed E-state index contributed by atoms with van der Waals surface area (Å²) in [5.74, 6) is 1.61. The Bertz CT molecular complexity index is 904. The van der Waals surface area contributed by atoms with E-state index in [4.69, 9.17) is 4.74 Å². The standard InChI is InChI=1S/C27H34N2O3/c1-20-7-6-16-29(19-20)27(31)24-14-17-28(18-15-24)26(30)21(2)32-25-12-10-23(11-13-25)22-8-4-3-5-9-22/h3-5,8-13,20-21,24H,6-7,14-19H2,1-2H3. The molecule has 5 heteroatoms. The Morgan fingerprint density at radius 3 is 2.19 bits per heavy atom. The summed E-state index contributed by atoms with van der Waals surface area (Å²) in [5, 5.41) is 0. The minimum atomic E-state index is -0.548. The second-order valence-corrected chi connectivity index (χ2v) is 9.28. The topological polar surface area (TPSA) is 49.9 Å². The van der Waals surface area contributed by atoms with Crippen LogP contribution in [0.15, 0.2) is 54.6 Å². The summed E-state index contributed by atoms with van der Waals surface area (Å²) in [7, 11) is 0. The fourth-order valence-corrected chi connectivity index (χ4v) is 4.86. The number of nitrogens with zero attached hydrogens (tertiary/aromatic N) is 2. The maximum atomic E-state index is 12.9. The molecule has 0 aromatic heterocycles. The lowest BCUT2D eigenvalue weighted by molar-refractivity contribution is -0.144. The highest BCUT2D eigenvalue weighted by Gasteiger charge is 2.33. The van der Waals surface area contributed by atoms with E-state index in [0.29, 0.717) is 24.8 Å². The van der Waals surface area contributed by atoms with Crippen molar-refractivity contribution < 1.29 is 14.3 Å². The number of carbonyl (C=O) groups excluding carboxylic acids is 2. The zero-order valence-electron chi connectivity index (χ0n) is 19.2. The van der Waals surface area contributed by atoms with Crippen LogP contribution in [0.2, 0.25) is 0 Å². The number of ether oxygens (including phenoxy) is 1. The van der Waals surface area contributed by atoms with Crippen molar-refractivity contribution in [2.45, 2.75) is 45.6 Å². The third-order valence-corrected chi connectivity index (χ3v) is 6.75. The van der Waals surface area contributed by atoms with Gasteiger partial charge in [-0.1, -0.05) is 49.4 Å². The van der Waals surface area contributed by atoms with Gasteiger partial charge in [0.2, 0.25) is 5.91 Å². The molecule has 0 aliphatic carbocycles. The van der Waals surface area contributed by atoms with Gasteiger partial charge in [0.05, 0.1) is 0 Å². The quantitative estimate of drug-likeness (QED) is 0.690. The molecule has 2 fully saturated rings. The molecule has 0 bridgehead atoms. The molecule has 2 unspecified atom stereocenters. The number of carbonyl (C=O) groups is 2. The third-order valence-electron chi connectivity index (χ3n) is 6.75. The minimum Gasteiger partial charge on any atom is -0.481 e. The zero-order valence-corrected chi connectivity index (χ0v) is 19.2. The average Bonchev–Trinajstić information content (AvgIpc) is 2.84. The van der Waals surface area contributed by atoms with E-state index in [2.05, 4.69) is 19.1 Å². The van der Waals surface area contributed by atoms with Gasteiger partial charge in [0, 0.05) is 32.1 Å². The summed E-state index contributed by atoms with van der Waals surface area (Å²) in [4.78, 5) is 29.7. The lowest BCUT2D eigenvalue weighted by Crippen LogP contribution is -2.49. The van der Waals surface area contributed by atoms with E-state index in [9.17, 15) is 9.59 Å². The molecule has 2 atom stereocenters. The zero-order chi connectivity index (χ0) is 22.5. The van der Waals surface area contributed by atoms with Crippen LogP contribution in [0.5, 0.6) is 5.75 Å². The van der Waals surface area contributed by atoms with E-state index in [1.54, 1.807) is 6.92 Å². The van der Waals surface area contributed by atoms with Crippen molar-refractivity contribution in [2.75, 3.05) is 26.2 Å². The van der Waals surface area contributed by atoms with Crippen LogP contribution in [-0.4, -0.2) is 53.9 Å². The number of likely N-dealkylation sites (tertiary alicyclic amines) is 2. The van der Waals surface area contributed by atoms with Crippen molar-refractivity contribution in [1.29, 1.82) is 0 Å². The Morgan fingerprint density at radius 1 is 0.875 bits per heavy atom. The predicted molar refractivity (Wildman–Crippen MR) is 126 cm³/mol. The van der Waals surface area contributed by atoms with E-state index in [-0.39, 0.29) is 17.7 Å². The second-order valence-electron chi connectivity index (χ2n) is 9.28. The fraction of sp³-hybridized carbons (Fsp3) is 0.481. The highest BCUT2D eigenvalue weighted by atomic mass is 16.5. The number of piperidine rings is 2. The van der Waals surface area contributed by atoms with Crippen molar-refractivity contribution in [1.82, 2.24) is 9.80 Å². The number of benzene rings is 2. The Hall–Kier alpha value is -2.82. The van der Waals surface area contributed by atoms with E-state index >= 15 is 0 Å². The molecule has 2 aliphatic rings. The molecule has 0 radical (unpaired) electrons. The molecular weight excluding hydrogens is 400 g/mol. The fourth-order valence-electron chi connectivity index (χ4n) is 4.86. The van der Waals surface area contributed by atoms with Crippen LogP contribution in [0.3, 0.4) is 0 Å². The Morgan fingerprint density at radius 2 is 1.53 bits per heavy atom. The summed E-state index contributed by atoms with van der Waals surface area (Å²) in [6, 6.07) is 18.0. The Balaban J connectivity index is 1.27. The summed E-state index contributed by atoms with van der Waals surface area (Å²) in [5.41, 5.74) is 2.27. The van der Waals surface area contributed by atoms with Crippen LogP contribution in [0, 0.1) is 11.8 Å². The van der Waals surface area contributed by atoms with Gasteiger partial charge in [0.1, 0.15) is 5.75 Å². The smallest absolute Gasteiger partial charge is 0.263 e. The van der Waals surface area contributed by atoms with Gasteiger partial charge in [0.15, 0.2) is 6.10 Å². The largest absolute Gasteiger partial charge is 0.481 e. The maximum absolute atomic E-state index is 12.9. The number of hydrogen-bond acceptors (Lipinski definition) is 3. The van der Waals surface area contributed by atoms with Crippen molar-refractivity contribution in [3.63, 3.8) is 0 Å². The highest BCUT2D eigenvalue weighted by molar-refractivity contribution is 5.82. The first-order chi connectivity index (χ1) is 15.5. The molecule has 2 heterocycles. The second kappa shape index (κ2) is 10.2. The molecule has 5 nitrogen and oxygen atoms in total. The highest BCUT2D eigenvalue weighted by Crippen LogP contribution is 2.25. The lowest BCUT2D eigenvalue weighted by atomic mass is 9.92. The molecule has 4 rings (SSSR count). The summed E-state index contributed by atoms with van der Waals surface area (Å²) in [6.07, 6.45) is 3.25. The van der Waals surface area contributed by atoms with Gasteiger partial charge in [-0.2, -0.15) is 0 Å². The van der Waals surface area contributed by atoms with Crippen LogP contribution in [0.25, 0.3) is 11.1 Å². The van der Waals surface area contributed by atoms with Gasteiger partial charge in [-0.05, 0) is 61.8 Å². The molecule has 2 aromatic carbocycles. The Labute approximate surface area is 191 Å². The van der Waals surface area contributed by atoms with Gasteiger partial charge in [-0.3, -0.25) is 9.59 Å². The number of hydrogen-bond donors (Lipinski definition) is 0. The lowest BCUT2D eigenvalue weighted by Gasteiger charge is -2.37. The summed E-state index contributed by atoms with van der Waals surface area (Å²) in [6.45, 7) is 7.04. The monoisotopic (exact) mass is 434 g/mol. The van der Waals surface area contributed by atoms with E-state index in [0.717, 1.165) is 43.5 Å². The van der Waals surface area contributed by atoms with Gasteiger partial charge in [0.25, 0.3) is 5.91 Å². The molecule has 2 aliphatic heterocycles. The van der Waals surface area contributed by atoms with E-state index < -0.39 is 6.10 Å². The van der Waals surface area contributed by atoms with Crippen LogP contribution in [-0.2, 0) is 9.59 Å². The molecular formula is C27H34N2O3. The van der Waals surface area contributed by atoms with Crippen LogP contribution in [0.4, 0.5) is 0 Å². The van der Waals surface area contributed by atoms with Crippen molar-refractivity contribution >= 4 is 11.8 Å². The van der Waals surface area contributed by atoms with Gasteiger partial charge < -0.3 is 14.5 Å². The van der Waals surface area contributed by atoms with Crippen LogP contribution in [0.1, 0.15) is 39.5 Å². The third kappa shape index (κ3) is 5.32. The molecule has 2 amide bonds. The van der Waals surface area contributed by atoms with Crippen molar-refractivity contribution in [3.8, 4) is 16.9 Å². The van der Waals surface area contributed by atoms with E-state index in [1.807, 2.05) is 52.3 Å². The Kier molecular flexibility index (Phi) is 7.13. The summed E-state index contributed by atoms with van der Waals surface area (Å²) >= 11 is 0. The molecule has 2 aromatic rings. The van der Waals surface area contributed by atoms with E-state index in [1.165, 1.54) is 6.42 Å². The molecule has 0 spiro atoms. The number of amides is 2. The molecule has 2 saturated heterocycles.